The Bertz CT molecular complexity index is 909. The molecule has 3 heterocycles. The standard InChI is InChI=1S/C25H30F2N2O2/c26-20-2-1-18-14-22(15-19(18)13-20)28-9-5-24(23-4-3-21(27)16-29-23)6-12-31-25(17-24)7-10-30-11-8-25/h1-4,13,16,22,28H,5-12,14-15,17H2/t22-,24?/m0/s1. The Morgan fingerprint density at radius 1 is 0.968 bits per heavy atom. The summed E-state index contributed by atoms with van der Waals surface area (Å²) in [5, 5.41) is 3.70. The van der Waals surface area contributed by atoms with Crippen LogP contribution < -0.4 is 5.32 Å². The van der Waals surface area contributed by atoms with Crippen LogP contribution in [-0.2, 0) is 27.7 Å². The van der Waals surface area contributed by atoms with Crippen molar-refractivity contribution in [3.63, 3.8) is 0 Å². The van der Waals surface area contributed by atoms with Gasteiger partial charge in [-0.25, -0.2) is 8.78 Å². The summed E-state index contributed by atoms with van der Waals surface area (Å²) in [6.07, 6.45) is 7.60. The molecule has 2 fully saturated rings. The van der Waals surface area contributed by atoms with Crippen molar-refractivity contribution in [2.45, 2.75) is 62.0 Å². The van der Waals surface area contributed by atoms with Crippen LogP contribution >= 0.6 is 0 Å². The summed E-state index contributed by atoms with van der Waals surface area (Å²) in [6, 6.07) is 8.81. The monoisotopic (exact) mass is 428 g/mol. The lowest BCUT2D eigenvalue weighted by Crippen LogP contribution is -2.51. The van der Waals surface area contributed by atoms with Gasteiger partial charge in [-0.1, -0.05) is 6.07 Å². The molecule has 4 nitrogen and oxygen atoms in total. The fourth-order valence-corrected chi connectivity index (χ4v) is 5.78. The molecule has 2 atom stereocenters. The van der Waals surface area contributed by atoms with Gasteiger partial charge in [0.1, 0.15) is 11.6 Å². The lowest BCUT2D eigenvalue weighted by atomic mass is 9.66. The number of hydrogen-bond donors (Lipinski definition) is 1. The molecule has 2 saturated heterocycles. The van der Waals surface area contributed by atoms with Gasteiger partial charge in [0.25, 0.3) is 0 Å². The van der Waals surface area contributed by atoms with Crippen LogP contribution in [-0.4, -0.2) is 43.0 Å². The largest absolute Gasteiger partial charge is 0.381 e. The molecule has 2 aromatic rings. The van der Waals surface area contributed by atoms with E-state index in [-0.39, 0.29) is 22.7 Å². The molecule has 2 aliphatic heterocycles. The van der Waals surface area contributed by atoms with Crippen molar-refractivity contribution in [3.05, 3.63) is 65.0 Å². The number of pyridine rings is 1. The molecule has 0 amide bonds. The Balaban J connectivity index is 1.30. The molecule has 0 bridgehead atoms. The minimum Gasteiger partial charge on any atom is -0.381 e. The van der Waals surface area contributed by atoms with E-state index < -0.39 is 0 Å². The van der Waals surface area contributed by atoms with E-state index in [2.05, 4.69) is 10.3 Å². The number of aromatic nitrogens is 1. The highest BCUT2D eigenvalue weighted by Gasteiger charge is 2.48. The maximum atomic E-state index is 13.6. The third-order valence-corrected chi connectivity index (χ3v) is 7.46. The smallest absolute Gasteiger partial charge is 0.141 e. The second kappa shape index (κ2) is 8.57. The first-order chi connectivity index (χ1) is 15.1. The quantitative estimate of drug-likeness (QED) is 0.779. The van der Waals surface area contributed by atoms with Crippen LogP contribution in [0.2, 0.25) is 0 Å². The van der Waals surface area contributed by atoms with Crippen LogP contribution in [0, 0.1) is 11.6 Å². The van der Waals surface area contributed by atoms with Gasteiger partial charge in [0.2, 0.25) is 0 Å². The normalized spacial score (nSPS) is 27.4. The molecule has 1 spiro atoms. The van der Waals surface area contributed by atoms with Gasteiger partial charge in [-0.3, -0.25) is 4.98 Å². The van der Waals surface area contributed by atoms with Crippen molar-refractivity contribution in [2.24, 2.45) is 0 Å². The second-order valence-corrected chi connectivity index (χ2v) is 9.43. The fourth-order valence-electron chi connectivity index (χ4n) is 5.78. The van der Waals surface area contributed by atoms with E-state index >= 15 is 0 Å². The predicted molar refractivity (Wildman–Crippen MR) is 114 cm³/mol. The van der Waals surface area contributed by atoms with Crippen molar-refractivity contribution in [2.75, 3.05) is 26.4 Å². The molecule has 31 heavy (non-hydrogen) atoms. The summed E-state index contributed by atoms with van der Waals surface area (Å²) < 4.78 is 39.0. The highest BCUT2D eigenvalue weighted by atomic mass is 19.1. The zero-order valence-electron chi connectivity index (χ0n) is 17.8. The third kappa shape index (κ3) is 4.38. The molecule has 1 aliphatic carbocycles. The Labute approximate surface area is 182 Å². The number of nitrogens with one attached hydrogen (secondary N) is 1. The second-order valence-electron chi connectivity index (χ2n) is 9.43. The molecule has 1 aromatic heterocycles. The van der Waals surface area contributed by atoms with Crippen molar-refractivity contribution in [1.82, 2.24) is 10.3 Å². The lowest BCUT2D eigenvalue weighted by molar-refractivity contribution is -0.154. The van der Waals surface area contributed by atoms with Crippen molar-refractivity contribution in [1.29, 1.82) is 0 Å². The molecule has 166 valence electrons. The summed E-state index contributed by atoms with van der Waals surface area (Å²) in [6.45, 7) is 2.98. The average Bonchev–Trinajstić information content (AvgIpc) is 3.16. The van der Waals surface area contributed by atoms with Gasteiger partial charge in [-0.05, 0) is 86.9 Å². The maximum Gasteiger partial charge on any atom is 0.141 e. The summed E-state index contributed by atoms with van der Waals surface area (Å²) in [7, 11) is 0. The fraction of sp³-hybridized carbons (Fsp3) is 0.560. The Morgan fingerprint density at radius 2 is 1.77 bits per heavy atom. The van der Waals surface area contributed by atoms with Crippen LogP contribution in [0.25, 0.3) is 0 Å². The van der Waals surface area contributed by atoms with Gasteiger partial charge in [-0.15, -0.1) is 0 Å². The van der Waals surface area contributed by atoms with Gasteiger partial charge in [0.15, 0.2) is 0 Å². The topological polar surface area (TPSA) is 43.4 Å². The van der Waals surface area contributed by atoms with Gasteiger partial charge >= 0.3 is 0 Å². The van der Waals surface area contributed by atoms with Crippen molar-refractivity contribution >= 4 is 0 Å². The first-order valence-electron chi connectivity index (χ1n) is 11.4. The molecular weight excluding hydrogens is 398 g/mol. The highest BCUT2D eigenvalue weighted by molar-refractivity contribution is 5.34. The molecule has 1 unspecified atom stereocenters. The van der Waals surface area contributed by atoms with Crippen molar-refractivity contribution in [3.8, 4) is 0 Å². The number of fused-ring (bicyclic) bond motifs is 1. The molecule has 0 saturated carbocycles. The molecule has 0 radical (unpaired) electrons. The van der Waals surface area contributed by atoms with E-state index in [1.54, 1.807) is 12.1 Å². The molecule has 1 aromatic carbocycles. The first kappa shape index (κ1) is 21.0. The Morgan fingerprint density at radius 3 is 2.58 bits per heavy atom. The van der Waals surface area contributed by atoms with E-state index in [1.165, 1.54) is 17.8 Å². The average molecular weight is 429 g/mol. The summed E-state index contributed by atoms with van der Waals surface area (Å²) in [5.41, 5.74) is 2.99. The van der Waals surface area contributed by atoms with E-state index in [0.29, 0.717) is 12.6 Å². The lowest BCUT2D eigenvalue weighted by Gasteiger charge is -2.49. The molecule has 5 rings (SSSR count). The third-order valence-electron chi connectivity index (χ3n) is 7.46. The van der Waals surface area contributed by atoms with Crippen molar-refractivity contribution < 1.29 is 18.3 Å². The maximum absolute atomic E-state index is 13.6. The molecule has 1 N–H and O–H groups in total. The zero-order chi connectivity index (χ0) is 21.3. The van der Waals surface area contributed by atoms with Crippen LogP contribution in [0.1, 0.15) is 48.9 Å². The van der Waals surface area contributed by atoms with E-state index in [0.717, 1.165) is 76.0 Å². The van der Waals surface area contributed by atoms with Crippen LogP contribution in [0.15, 0.2) is 36.5 Å². The summed E-state index contributed by atoms with van der Waals surface area (Å²) >= 11 is 0. The number of halogens is 2. The van der Waals surface area contributed by atoms with Gasteiger partial charge in [0, 0.05) is 37.0 Å². The summed E-state index contributed by atoms with van der Waals surface area (Å²) in [4.78, 5) is 4.51. The van der Waals surface area contributed by atoms with E-state index in [4.69, 9.17) is 9.47 Å². The van der Waals surface area contributed by atoms with Crippen LogP contribution in [0.5, 0.6) is 0 Å². The number of benzene rings is 1. The first-order valence-corrected chi connectivity index (χ1v) is 11.4. The molecular formula is C25H30F2N2O2. The van der Waals surface area contributed by atoms with Gasteiger partial charge in [-0.2, -0.15) is 0 Å². The zero-order valence-corrected chi connectivity index (χ0v) is 17.8. The predicted octanol–water partition coefficient (Wildman–Crippen LogP) is 4.10. The Hall–Kier alpha value is -1.89. The number of hydrogen-bond acceptors (Lipinski definition) is 4. The van der Waals surface area contributed by atoms with Crippen LogP contribution in [0.4, 0.5) is 8.78 Å². The molecule has 6 heteroatoms. The Kier molecular flexibility index (Phi) is 5.80. The highest BCUT2D eigenvalue weighted by Crippen LogP contribution is 2.47. The van der Waals surface area contributed by atoms with Crippen LogP contribution in [0.3, 0.4) is 0 Å². The van der Waals surface area contributed by atoms with Gasteiger partial charge < -0.3 is 14.8 Å². The summed E-state index contributed by atoms with van der Waals surface area (Å²) in [5.74, 6) is -0.467. The number of rotatable bonds is 5. The SMILES string of the molecule is Fc1ccc(C2(CCN[C@H]3Cc4ccc(F)cc4C3)CCOC3(CCOCC3)C2)nc1. The molecule has 3 aliphatic rings. The minimum atomic E-state index is -0.305. The van der Waals surface area contributed by atoms with E-state index in [9.17, 15) is 8.78 Å². The van der Waals surface area contributed by atoms with Gasteiger partial charge in [0.05, 0.1) is 11.8 Å². The van der Waals surface area contributed by atoms with E-state index in [1.807, 2.05) is 12.1 Å². The number of nitrogens with zero attached hydrogens (tertiary/aromatic N) is 1. The minimum absolute atomic E-state index is 0.145. The number of ether oxygens (including phenoxy) is 2.